The van der Waals surface area contributed by atoms with Crippen LogP contribution in [0.1, 0.15) is 26.2 Å². The highest BCUT2D eigenvalue weighted by atomic mass is 32.2. The summed E-state index contributed by atoms with van der Waals surface area (Å²) in [4.78, 5) is 12.3. The summed E-state index contributed by atoms with van der Waals surface area (Å²) in [5.41, 5.74) is 1.14. The van der Waals surface area contributed by atoms with Gasteiger partial charge >= 0.3 is 5.97 Å². The number of methoxy groups -OCH3 is 1. The van der Waals surface area contributed by atoms with Gasteiger partial charge in [0.1, 0.15) is 11.0 Å². The lowest BCUT2D eigenvalue weighted by Crippen LogP contribution is -2.57. The van der Waals surface area contributed by atoms with Crippen molar-refractivity contribution in [2.45, 2.75) is 36.1 Å². The number of carbonyl (C=O) groups is 1. The summed E-state index contributed by atoms with van der Waals surface area (Å²) < 4.78 is 5.93. The summed E-state index contributed by atoms with van der Waals surface area (Å²) in [7, 11) is 1.46. The zero-order chi connectivity index (χ0) is 13.7. The Bertz CT molecular complexity index is 409. The zero-order valence-electron chi connectivity index (χ0n) is 11.2. The van der Waals surface area contributed by atoms with Crippen LogP contribution in [-0.4, -0.2) is 41.1 Å². The molecule has 0 bridgehead atoms. The molecule has 2 rings (SSSR count). The minimum Gasteiger partial charge on any atom is -0.468 e. The van der Waals surface area contributed by atoms with Gasteiger partial charge < -0.3 is 10.1 Å². The Hall–Kier alpha value is -0.660. The summed E-state index contributed by atoms with van der Waals surface area (Å²) in [6.45, 7) is 2.92. The summed E-state index contributed by atoms with van der Waals surface area (Å²) in [5, 5.41) is 11.3. The van der Waals surface area contributed by atoms with Gasteiger partial charge in [0.2, 0.25) is 0 Å². The van der Waals surface area contributed by atoms with Crippen LogP contribution in [-0.2, 0) is 9.53 Å². The quantitative estimate of drug-likeness (QED) is 0.585. The van der Waals surface area contributed by atoms with Crippen LogP contribution in [0.2, 0.25) is 0 Å². The largest absolute Gasteiger partial charge is 0.468 e. The molecule has 0 spiro atoms. The maximum atomic E-state index is 12.3. The number of carbonyl (C=O) groups excluding carboxylic acids is 1. The molecule has 5 nitrogen and oxygen atoms in total. The lowest BCUT2D eigenvalue weighted by molar-refractivity contribution is -0.148. The highest BCUT2D eigenvalue weighted by molar-refractivity contribution is 8.01. The first-order valence-electron chi connectivity index (χ1n) is 6.45. The Morgan fingerprint density at radius 1 is 1.68 bits per heavy atom. The predicted molar refractivity (Wildman–Crippen MR) is 76.4 cm³/mol. The first-order valence-corrected chi connectivity index (χ1v) is 8.32. The van der Waals surface area contributed by atoms with Crippen molar-refractivity contribution in [3.8, 4) is 0 Å². The molecule has 0 aromatic carbocycles. The Labute approximate surface area is 121 Å². The van der Waals surface area contributed by atoms with E-state index in [2.05, 4.69) is 22.4 Å². The third-order valence-electron chi connectivity index (χ3n) is 3.28. The number of hydrogen-bond acceptors (Lipinski definition) is 7. The first-order chi connectivity index (χ1) is 9.23. The fourth-order valence-corrected chi connectivity index (χ4v) is 3.89. The highest BCUT2D eigenvalue weighted by Gasteiger charge is 2.51. The van der Waals surface area contributed by atoms with E-state index in [1.54, 1.807) is 17.3 Å². The predicted octanol–water partition coefficient (Wildman–Crippen LogP) is 1.95. The second kappa shape index (κ2) is 6.67. The second-order valence-electron chi connectivity index (χ2n) is 4.66. The van der Waals surface area contributed by atoms with Gasteiger partial charge in [-0.3, -0.25) is 4.79 Å². The van der Waals surface area contributed by atoms with Gasteiger partial charge in [-0.05, 0) is 31.7 Å². The van der Waals surface area contributed by atoms with Crippen LogP contribution < -0.4 is 5.32 Å². The van der Waals surface area contributed by atoms with Crippen molar-refractivity contribution in [3.05, 3.63) is 5.51 Å². The summed E-state index contributed by atoms with van der Waals surface area (Å²) >= 11 is 3.08. The van der Waals surface area contributed by atoms with Gasteiger partial charge in [0.25, 0.3) is 0 Å². The fourth-order valence-electron chi connectivity index (χ4n) is 2.12. The van der Waals surface area contributed by atoms with E-state index in [0.29, 0.717) is 11.7 Å². The van der Waals surface area contributed by atoms with Gasteiger partial charge in [0, 0.05) is 5.75 Å². The normalized spacial score (nSPS) is 18.0. The number of rotatable bonds is 8. The van der Waals surface area contributed by atoms with E-state index >= 15 is 0 Å². The molecule has 1 aliphatic rings. The maximum Gasteiger partial charge on any atom is 0.327 e. The van der Waals surface area contributed by atoms with Crippen molar-refractivity contribution in [2.24, 2.45) is 5.92 Å². The Morgan fingerprint density at radius 3 is 3.00 bits per heavy atom. The van der Waals surface area contributed by atoms with Crippen LogP contribution in [0.25, 0.3) is 0 Å². The third kappa shape index (κ3) is 3.46. The van der Waals surface area contributed by atoms with Crippen molar-refractivity contribution in [3.63, 3.8) is 0 Å². The van der Waals surface area contributed by atoms with Gasteiger partial charge in [0.05, 0.1) is 7.11 Å². The molecule has 1 atom stereocenters. The molecule has 1 fully saturated rings. The van der Waals surface area contributed by atoms with Crippen LogP contribution >= 0.6 is 23.1 Å². The van der Waals surface area contributed by atoms with E-state index in [1.807, 2.05) is 0 Å². The van der Waals surface area contributed by atoms with E-state index in [0.717, 1.165) is 30.1 Å². The van der Waals surface area contributed by atoms with Gasteiger partial charge in [-0.15, -0.1) is 10.2 Å². The molecular weight excluding hydrogens is 282 g/mol. The minimum absolute atomic E-state index is 0.152. The Balaban J connectivity index is 2.08. The molecule has 19 heavy (non-hydrogen) atoms. The molecule has 0 aliphatic heterocycles. The average molecular weight is 301 g/mol. The average Bonchev–Trinajstić information content (AvgIpc) is 3.16. The molecule has 1 aliphatic carbocycles. The fraction of sp³-hybridized carbons (Fsp3) is 0.750. The van der Waals surface area contributed by atoms with E-state index < -0.39 is 5.54 Å². The molecule has 0 saturated heterocycles. The third-order valence-corrected chi connectivity index (χ3v) is 5.33. The molecule has 1 N–H and O–H groups in total. The molecule has 0 amide bonds. The van der Waals surface area contributed by atoms with Crippen molar-refractivity contribution >= 4 is 29.1 Å². The number of aromatic nitrogens is 2. The highest BCUT2D eigenvalue weighted by Crippen LogP contribution is 2.43. The van der Waals surface area contributed by atoms with Crippen LogP contribution in [0.3, 0.4) is 0 Å². The first kappa shape index (κ1) is 14.7. The van der Waals surface area contributed by atoms with Gasteiger partial charge in [-0.1, -0.05) is 30.0 Å². The number of thioether (sulfide) groups is 1. The molecule has 106 valence electrons. The maximum absolute atomic E-state index is 12.3. The summed E-state index contributed by atoms with van der Waals surface area (Å²) in [6, 6.07) is 0. The van der Waals surface area contributed by atoms with Crippen LogP contribution in [0.5, 0.6) is 0 Å². The molecule has 1 heterocycles. The van der Waals surface area contributed by atoms with Gasteiger partial charge in [-0.25, -0.2) is 0 Å². The van der Waals surface area contributed by atoms with Crippen LogP contribution in [0, 0.1) is 5.92 Å². The van der Waals surface area contributed by atoms with E-state index in [-0.39, 0.29) is 5.97 Å². The molecular formula is C12H19N3O2S2. The lowest BCUT2D eigenvalue weighted by atomic mass is 9.95. The molecule has 7 heteroatoms. The topological polar surface area (TPSA) is 64.1 Å². The SMILES string of the molecule is CCCNC(CSc1nncs1)(C(=O)OC)C1CC1. The van der Waals surface area contributed by atoms with Gasteiger partial charge in [0.15, 0.2) is 4.34 Å². The Kier molecular flexibility index (Phi) is 5.18. The molecule has 1 saturated carbocycles. The standard InChI is InChI=1S/C12H19N3O2S2/c1-3-6-13-12(9-4-5-9,10(16)17-2)7-18-11-15-14-8-19-11/h8-9,13H,3-7H2,1-2H3. The van der Waals surface area contributed by atoms with Crippen molar-refractivity contribution < 1.29 is 9.53 Å². The lowest BCUT2D eigenvalue weighted by Gasteiger charge is -2.31. The molecule has 1 aromatic rings. The number of nitrogens with zero attached hydrogens (tertiary/aromatic N) is 2. The minimum atomic E-state index is -0.568. The number of hydrogen-bond donors (Lipinski definition) is 1. The zero-order valence-corrected chi connectivity index (χ0v) is 12.9. The van der Waals surface area contributed by atoms with Crippen LogP contribution in [0.15, 0.2) is 9.85 Å². The van der Waals surface area contributed by atoms with Crippen LogP contribution in [0.4, 0.5) is 0 Å². The van der Waals surface area contributed by atoms with Gasteiger partial charge in [-0.2, -0.15) is 0 Å². The van der Waals surface area contributed by atoms with Crippen molar-refractivity contribution in [2.75, 3.05) is 19.4 Å². The second-order valence-corrected chi connectivity index (χ2v) is 6.71. The summed E-state index contributed by atoms with van der Waals surface area (Å²) in [6.07, 6.45) is 3.17. The monoisotopic (exact) mass is 301 g/mol. The smallest absolute Gasteiger partial charge is 0.327 e. The van der Waals surface area contributed by atoms with E-state index in [4.69, 9.17) is 4.74 Å². The summed E-state index contributed by atoms with van der Waals surface area (Å²) in [5.74, 6) is 0.881. The molecule has 0 radical (unpaired) electrons. The number of nitrogens with one attached hydrogen (secondary N) is 1. The Morgan fingerprint density at radius 2 is 2.47 bits per heavy atom. The molecule has 1 unspecified atom stereocenters. The number of esters is 1. The van der Waals surface area contributed by atoms with Crippen molar-refractivity contribution in [1.82, 2.24) is 15.5 Å². The van der Waals surface area contributed by atoms with E-state index in [1.165, 1.54) is 18.4 Å². The molecule has 1 aromatic heterocycles. The van der Waals surface area contributed by atoms with Crippen molar-refractivity contribution in [1.29, 1.82) is 0 Å². The number of ether oxygens (including phenoxy) is 1. The van der Waals surface area contributed by atoms with E-state index in [9.17, 15) is 4.79 Å².